The molecule has 1 aliphatic carbocycles. The summed E-state index contributed by atoms with van der Waals surface area (Å²) in [5.41, 5.74) is 5.32. The lowest BCUT2D eigenvalue weighted by atomic mass is 9.95. The Morgan fingerprint density at radius 3 is 2.44 bits per heavy atom. The normalized spacial score (nSPS) is 25.8. The lowest BCUT2D eigenvalue weighted by molar-refractivity contribution is -0.123. The maximum atomic E-state index is 12.1. The summed E-state index contributed by atoms with van der Waals surface area (Å²) in [6.07, 6.45) is 7.52. The molecule has 1 aliphatic heterocycles. The summed E-state index contributed by atoms with van der Waals surface area (Å²) >= 11 is 0. The zero-order valence-electron chi connectivity index (χ0n) is 10.9. The summed E-state index contributed by atoms with van der Waals surface area (Å²) in [6, 6.07) is 0.299. The number of nitrogens with two attached hydrogens (primary N) is 1. The first-order chi connectivity index (χ1) is 8.66. The van der Waals surface area contributed by atoms with Gasteiger partial charge in [0.25, 0.3) is 0 Å². The van der Waals surface area contributed by atoms with E-state index < -0.39 is 0 Å². The monoisotopic (exact) mass is 253 g/mol. The van der Waals surface area contributed by atoms with E-state index in [1.54, 1.807) is 4.90 Å². The van der Waals surface area contributed by atoms with Gasteiger partial charge in [0.05, 0.1) is 5.92 Å². The SMILES string of the molecule is NC(=O)[C@@H]1CCCN(C(=O)NC2CCCCC2)C1. The largest absolute Gasteiger partial charge is 0.369 e. The highest BCUT2D eigenvalue weighted by Gasteiger charge is 2.28. The lowest BCUT2D eigenvalue weighted by Gasteiger charge is -2.33. The lowest BCUT2D eigenvalue weighted by Crippen LogP contribution is -2.50. The molecule has 2 fully saturated rings. The Labute approximate surface area is 108 Å². The maximum absolute atomic E-state index is 12.1. The van der Waals surface area contributed by atoms with Gasteiger partial charge in [0.1, 0.15) is 0 Å². The van der Waals surface area contributed by atoms with Crippen molar-refractivity contribution in [1.82, 2.24) is 10.2 Å². The van der Waals surface area contributed by atoms with Crippen molar-refractivity contribution in [2.24, 2.45) is 11.7 Å². The Hall–Kier alpha value is -1.26. The number of nitrogens with zero attached hydrogens (tertiary/aromatic N) is 1. The molecule has 1 heterocycles. The van der Waals surface area contributed by atoms with Gasteiger partial charge >= 0.3 is 6.03 Å². The molecular formula is C13H23N3O2. The third kappa shape index (κ3) is 3.37. The van der Waals surface area contributed by atoms with Crippen LogP contribution in [-0.2, 0) is 4.79 Å². The van der Waals surface area contributed by atoms with E-state index in [-0.39, 0.29) is 17.9 Å². The minimum Gasteiger partial charge on any atom is -0.369 e. The van der Waals surface area contributed by atoms with Gasteiger partial charge in [0.15, 0.2) is 0 Å². The van der Waals surface area contributed by atoms with Gasteiger partial charge in [-0.05, 0) is 25.7 Å². The molecule has 1 saturated heterocycles. The van der Waals surface area contributed by atoms with Gasteiger partial charge in [-0.2, -0.15) is 0 Å². The van der Waals surface area contributed by atoms with Crippen LogP contribution < -0.4 is 11.1 Å². The molecule has 1 saturated carbocycles. The highest BCUT2D eigenvalue weighted by molar-refractivity contribution is 5.79. The zero-order chi connectivity index (χ0) is 13.0. The van der Waals surface area contributed by atoms with Gasteiger partial charge in [-0.25, -0.2) is 4.79 Å². The smallest absolute Gasteiger partial charge is 0.317 e. The summed E-state index contributed by atoms with van der Waals surface area (Å²) in [7, 11) is 0. The van der Waals surface area contributed by atoms with Gasteiger partial charge in [-0.15, -0.1) is 0 Å². The molecule has 3 N–H and O–H groups in total. The highest BCUT2D eigenvalue weighted by atomic mass is 16.2. The molecule has 102 valence electrons. The first kappa shape index (κ1) is 13.2. The van der Waals surface area contributed by atoms with Crippen LogP contribution in [0.1, 0.15) is 44.9 Å². The van der Waals surface area contributed by atoms with Crippen molar-refractivity contribution in [2.75, 3.05) is 13.1 Å². The molecule has 0 radical (unpaired) electrons. The van der Waals surface area contributed by atoms with Crippen LogP contribution in [0.5, 0.6) is 0 Å². The Kier molecular flexibility index (Phi) is 4.44. The fourth-order valence-corrected chi connectivity index (χ4v) is 2.91. The van der Waals surface area contributed by atoms with Gasteiger partial charge in [0.2, 0.25) is 5.91 Å². The first-order valence-electron chi connectivity index (χ1n) is 7.01. The number of rotatable bonds is 2. The van der Waals surface area contributed by atoms with E-state index in [2.05, 4.69) is 5.32 Å². The van der Waals surface area contributed by atoms with E-state index in [0.717, 1.165) is 32.2 Å². The maximum Gasteiger partial charge on any atom is 0.317 e. The summed E-state index contributed by atoms with van der Waals surface area (Å²) in [5.74, 6) is -0.457. The van der Waals surface area contributed by atoms with Crippen molar-refractivity contribution >= 4 is 11.9 Å². The third-order valence-electron chi connectivity index (χ3n) is 4.04. The molecule has 18 heavy (non-hydrogen) atoms. The van der Waals surface area contributed by atoms with E-state index in [9.17, 15) is 9.59 Å². The Morgan fingerprint density at radius 1 is 1.06 bits per heavy atom. The second-order valence-corrected chi connectivity index (χ2v) is 5.47. The number of amides is 3. The van der Waals surface area contributed by atoms with Crippen LogP contribution in [0.4, 0.5) is 4.79 Å². The zero-order valence-corrected chi connectivity index (χ0v) is 10.9. The Morgan fingerprint density at radius 2 is 1.78 bits per heavy atom. The summed E-state index contributed by atoms with van der Waals surface area (Å²) in [4.78, 5) is 25.0. The minimum atomic E-state index is -0.287. The predicted octanol–water partition coefficient (Wildman–Crippen LogP) is 1.23. The molecule has 3 amide bonds. The van der Waals surface area contributed by atoms with Gasteiger partial charge in [0, 0.05) is 19.1 Å². The molecule has 0 aromatic rings. The summed E-state index contributed by atoms with van der Waals surface area (Å²) in [6.45, 7) is 1.22. The molecule has 2 aliphatic rings. The molecule has 5 nitrogen and oxygen atoms in total. The number of piperidine rings is 1. The van der Waals surface area contributed by atoms with Crippen molar-refractivity contribution in [3.05, 3.63) is 0 Å². The average molecular weight is 253 g/mol. The van der Waals surface area contributed by atoms with Crippen LogP contribution in [0.2, 0.25) is 0 Å². The Bertz CT molecular complexity index is 313. The molecule has 0 bridgehead atoms. The van der Waals surface area contributed by atoms with E-state index in [1.807, 2.05) is 0 Å². The van der Waals surface area contributed by atoms with E-state index in [1.165, 1.54) is 19.3 Å². The van der Waals surface area contributed by atoms with E-state index in [4.69, 9.17) is 5.73 Å². The molecule has 0 aromatic carbocycles. The fourth-order valence-electron chi connectivity index (χ4n) is 2.91. The molecule has 0 unspecified atom stereocenters. The van der Waals surface area contributed by atoms with E-state index >= 15 is 0 Å². The number of urea groups is 1. The summed E-state index contributed by atoms with van der Waals surface area (Å²) in [5, 5.41) is 3.08. The second kappa shape index (κ2) is 6.07. The van der Waals surface area contributed by atoms with Crippen LogP contribution in [0, 0.1) is 5.92 Å². The number of hydrogen-bond acceptors (Lipinski definition) is 2. The number of hydrogen-bond donors (Lipinski definition) is 2. The molecule has 0 aromatic heterocycles. The fraction of sp³-hybridized carbons (Fsp3) is 0.846. The highest BCUT2D eigenvalue weighted by Crippen LogP contribution is 2.19. The number of nitrogens with one attached hydrogen (secondary N) is 1. The van der Waals surface area contributed by atoms with Crippen LogP contribution in [-0.4, -0.2) is 36.0 Å². The third-order valence-corrected chi connectivity index (χ3v) is 4.04. The first-order valence-corrected chi connectivity index (χ1v) is 7.01. The molecule has 0 spiro atoms. The summed E-state index contributed by atoms with van der Waals surface area (Å²) < 4.78 is 0. The quantitative estimate of drug-likeness (QED) is 0.776. The number of carbonyl (C=O) groups excluding carboxylic acids is 2. The standard InChI is InChI=1S/C13H23N3O2/c14-12(17)10-5-4-8-16(9-10)13(18)15-11-6-2-1-3-7-11/h10-11H,1-9H2,(H2,14,17)(H,15,18)/t10-/m1/s1. The predicted molar refractivity (Wildman–Crippen MR) is 68.9 cm³/mol. The second-order valence-electron chi connectivity index (χ2n) is 5.47. The minimum absolute atomic E-state index is 0.0205. The van der Waals surface area contributed by atoms with Crippen LogP contribution in [0.25, 0.3) is 0 Å². The van der Waals surface area contributed by atoms with Gasteiger partial charge in [-0.1, -0.05) is 19.3 Å². The molecule has 1 atom stereocenters. The Balaban J connectivity index is 1.82. The molecule has 2 rings (SSSR count). The van der Waals surface area contributed by atoms with Crippen molar-refractivity contribution in [3.8, 4) is 0 Å². The van der Waals surface area contributed by atoms with Crippen molar-refractivity contribution in [1.29, 1.82) is 0 Å². The molecule has 5 heteroatoms. The topological polar surface area (TPSA) is 75.4 Å². The van der Waals surface area contributed by atoms with Gasteiger partial charge < -0.3 is 16.0 Å². The number of carbonyl (C=O) groups is 2. The van der Waals surface area contributed by atoms with Crippen LogP contribution in [0.15, 0.2) is 0 Å². The van der Waals surface area contributed by atoms with Gasteiger partial charge in [-0.3, -0.25) is 4.79 Å². The van der Waals surface area contributed by atoms with Crippen molar-refractivity contribution in [2.45, 2.75) is 51.0 Å². The van der Waals surface area contributed by atoms with Crippen molar-refractivity contribution < 1.29 is 9.59 Å². The number of primary amides is 1. The number of likely N-dealkylation sites (tertiary alicyclic amines) is 1. The van der Waals surface area contributed by atoms with Crippen LogP contribution in [0.3, 0.4) is 0 Å². The van der Waals surface area contributed by atoms with Crippen molar-refractivity contribution in [3.63, 3.8) is 0 Å². The van der Waals surface area contributed by atoms with E-state index in [0.29, 0.717) is 12.6 Å². The van der Waals surface area contributed by atoms with Crippen LogP contribution >= 0.6 is 0 Å². The molecular weight excluding hydrogens is 230 g/mol. The average Bonchev–Trinajstić information content (AvgIpc) is 2.40.